The maximum Gasteiger partial charge on any atom is 0.269 e. The number of aromatic nitrogens is 4. The third-order valence-corrected chi connectivity index (χ3v) is 5.58. The van der Waals surface area contributed by atoms with Crippen LogP contribution in [0.2, 0.25) is 0 Å². The van der Waals surface area contributed by atoms with Crippen LogP contribution in [0.25, 0.3) is 0 Å². The monoisotopic (exact) mass is 384 g/mol. The van der Waals surface area contributed by atoms with Gasteiger partial charge in [-0.3, -0.25) is 4.79 Å². The highest BCUT2D eigenvalue weighted by molar-refractivity contribution is 5.44. The zero-order chi connectivity index (χ0) is 19.7. The Morgan fingerprint density at radius 1 is 1.18 bits per heavy atom. The van der Waals surface area contributed by atoms with Crippen LogP contribution in [-0.4, -0.2) is 57.1 Å². The Balaban J connectivity index is 1.52. The first kappa shape index (κ1) is 18.9. The van der Waals surface area contributed by atoms with E-state index in [4.69, 9.17) is 4.98 Å². The van der Waals surface area contributed by atoms with Crippen LogP contribution < -0.4 is 15.4 Å². The molecule has 2 aliphatic heterocycles. The van der Waals surface area contributed by atoms with Crippen LogP contribution in [0.15, 0.2) is 29.3 Å². The average Bonchev–Trinajstić information content (AvgIpc) is 3.14. The third-order valence-electron chi connectivity index (χ3n) is 5.58. The fourth-order valence-electron chi connectivity index (χ4n) is 4.01. The second-order valence-electron chi connectivity index (χ2n) is 8.05. The van der Waals surface area contributed by atoms with E-state index in [-0.39, 0.29) is 23.6 Å². The summed E-state index contributed by atoms with van der Waals surface area (Å²) in [6.07, 6.45) is 5.88. The Labute approximate surface area is 164 Å². The second-order valence-corrected chi connectivity index (χ2v) is 8.05. The Bertz CT molecular complexity index is 883. The van der Waals surface area contributed by atoms with Gasteiger partial charge in [0, 0.05) is 44.4 Å². The molecule has 4 rings (SSSR count). The van der Waals surface area contributed by atoms with E-state index in [1.165, 1.54) is 0 Å². The Morgan fingerprint density at radius 3 is 2.75 bits per heavy atom. The zero-order valence-electron chi connectivity index (χ0n) is 16.5. The number of aliphatic hydroxyl groups excluding tert-OH is 1. The Kier molecular flexibility index (Phi) is 5.30. The number of aliphatic hydroxyl groups is 1. The molecule has 28 heavy (non-hydrogen) atoms. The van der Waals surface area contributed by atoms with Gasteiger partial charge >= 0.3 is 0 Å². The molecule has 2 aliphatic rings. The highest BCUT2D eigenvalue weighted by Gasteiger charge is 2.26. The molecule has 8 nitrogen and oxygen atoms in total. The minimum atomic E-state index is -0.321. The molecule has 0 radical (unpaired) electrons. The van der Waals surface area contributed by atoms with Crippen LogP contribution in [0.5, 0.6) is 0 Å². The van der Waals surface area contributed by atoms with Crippen molar-refractivity contribution in [3.63, 3.8) is 0 Å². The fourth-order valence-corrected chi connectivity index (χ4v) is 4.01. The molecule has 2 aromatic heterocycles. The number of hydrogen-bond donors (Lipinski definition) is 1. The molecular weight excluding hydrogens is 356 g/mol. The van der Waals surface area contributed by atoms with Crippen molar-refractivity contribution in [3.05, 3.63) is 40.7 Å². The third kappa shape index (κ3) is 3.87. The summed E-state index contributed by atoms with van der Waals surface area (Å²) >= 11 is 0. The number of hydrogen-bond acceptors (Lipinski definition) is 7. The lowest BCUT2D eigenvalue weighted by Gasteiger charge is -2.34. The summed E-state index contributed by atoms with van der Waals surface area (Å²) in [6.45, 7) is 7.13. The number of β-amino-alcohol motifs (C(OH)–C–C–N with tert-alkyl or cyclic N) is 1. The molecule has 0 unspecified atom stereocenters. The number of piperidine rings is 1. The first-order chi connectivity index (χ1) is 13.5. The molecule has 2 atom stereocenters. The molecule has 0 aromatic carbocycles. The number of anilines is 2. The minimum Gasteiger partial charge on any atom is -0.391 e. The summed E-state index contributed by atoms with van der Waals surface area (Å²) in [7, 11) is 0. The molecule has 2 saturated heterocycles. The van der Waals surface area contributed by atoms with Crippen molar-refractivity contribution in [2.45, 2.75) is 51.2 Å². The van der Waals surface area contributed by atoms with Gasteiger partial charge in [-0.15, -0.1) is 0 Å². The average molecular weight is 384 g/mol. The maximum absolute atomic E-state index is 12.7. The quantitative estimate of drug-likeness (QED) is 0.856. The minimum absolute atomic E-state index is 0.0249. The summed E-state index contributed by atoms with van der Waals surface area (Å²) in [5, 5.41) is 14.2. The lowest BCUT2D eigenvalue weighted by Crippen LogP contribution is -2.41. The van der Waals surface area contributed by atoms with E-state index in [0.717, 1.165) is 49.7 Å². The van der Waals surface area contributed by atoms with Crippen molar-refractivity contribution in [2.75, 3.05) is 36.0 Å². The summed E-state index contributed by atoms with van der Waals surface area (Å²) in [5.41, 5.74) is 0.708. The van der Waals surface area contributed by atoms with E-state index >= 15 is 0 Å². The predicted octanol–water partition coefficient (Wildman–Crippen LogP) is 1.57. The molecule has 0 spiro atoms. The van der Waals surface area contributed by atoms with E-state index in [1.807, 2.05) is 17.2 Å². The molecule has 2 fully saturated rings. The zero-order valence-corrected chi connectivity index (χ0v) is 16.5. The molecule has 0 bridgehead atoms. The van der Waals surface area contributed by atoms with E-state index in [0.29, 0.717) is 13.1 Å². The molecule has 2 aromatic rings. The summed E-state index contributed by atoms with van der Waals surface area (Å²) < 4.78 is 1.60. The molecule has 4 heterocycles. The SMILES string of the molecule is CC(C)c1nccc(N2CCC[C@H](n3ncc(N4CC[C@H](O)C4)cc3=O)C2)n1. The Hall–Kier alpha value is -2.48. The van der Waals surface area contributed by atoms with E-state index in [2.05, 4.69) is 28.8 Å². The fraction of sp³-hybridized carbons (Fsp3) is 0.600. The molecule has 150 valence electrons. The van der Waals surface area contributed by atoms with Gasteiger partial charge in [-0.2, -0.15) is 5.10 Å². The van der Waals surface area contributed by atoms with Crippen LogP contribution in [0.4, 0.5) is 11.5 Å². The van der Waals surface area contributed by atoms with Gasteiger partial charge in [0.2, 0.25) is 0 Å². The standard InChI is InChI=1S/C20H28N6O2/c1-14(2)20-21-7-5-18(23-20)25-8-3-4-15(12-25)26-19(28)10-16(11-22-26)24-9-6-17(27)13-24/h5,7,10-11,14-15,17,27H,3-4,6,8-9,12-13H2,1-2H3/t15-,17-/m0/s1. The summed E-state index contributed by atoms with van der Waals surface area (Å²) in [4.78, 5) is 26.0. The second kappa shape index (κ2) is 7.87. The van der Waals surface area contributed by atoms with Crippen molar-refractivity contribution in [3.8, 4) is 0 Å². The topological polar surface area (TPSA) is 87.4 Å². The van der Waals surface area contributed by atoms with Crippen molar-refractivity contribution in [2.24, 2.45) is 0 Å². The van der Waals surface area contributed by atoms with Crippen molar-refractivity contribution in [1.29, 1.82) is 0 Å². The number of nitrogens with zero attached hydrogens (tertiary/aromatic N) is 6. The van der Waals surface area contributed by atoms with Crippen molar-refractivity contribution >= 4 is 11.5 Å². The molecule has 8 heteroatoms. The van der Waals surface area contributed by atoms with Crippen LogP contribution in [0.1, 0.15) is 50.9 Å². The first-order valence-electron chi connectivity index (χ1n) is 10.1. The molecule has 0 amide bonds. The van der Waals surface area contributed by atoms with Gasteiger partial charge in [-0.05, 0) is 25.3 Å². The molecular formula is C20H28N6O2. The van der Waals surface area contributed by atoms with Gasteiger partial charge < -0.3 is 14.9 Å². The van der Waals surface area contributed by atoms with E-state index in [9.17, 15) is 9.90 Å². The normalized spacial score (nSPS) is 22.9. The largest absolute Gasteiger partial charge is 0.391 e. The van der Waals surface area contributed by atoms with Gasteiger partial charge in [0.05, 0.1) is 24.0 Å². The van der Waals surface area contributed by atoms with Crippen molar-refractivity contribution in [1.82, 2.24) is 19.7 Å². The van der Waals surface area contributed by atoms with Gasteiger partial charge in [0.15, 0.2) is 0 Å². The van der Waals surface area contributed by atoms with E-state index in [1.54, 1.807) is 16.9 Å². The van der Waals surface area contributed by atoms with Crippen LogP contribution in [-0.2, 0) is 0 Å². The number of rotatable bonds is 4. The smallest absolute Gasteiger partial charge is 0.269 e. The molecule has 1 N–H and O–H groups in total. The van der Waals surface area contributed by atoms with Gasteiger partial charge in [-0.1, -0.05) is 13.8 Å². The van der Waals surface area contributed by atoms with E-state index < -0.39 is 0 Å². The highest BCUT2D eigenvalue weighted by atomic mass is 16.3. The lowest BCUT2D eigenvalue weighted by molar-refractivity contribution is 0.198. The van der Waals surface area contributed by atoms with Crippen molar-refractivity contribution < 1.29 is 5.11 Å². The first-order valence-corrected chi connectivity index (χ1v) is 10.1. The predicted molar refractivity (Wildman–Crippen MR) is 108 cm³/mol. The summed E-state index contributed by atoms with van der Waals surface area (Å²) in [5.74, 6) is 2.03. The molecule has 0 aliphatic carbocycles. The molecule has 0 saturated carbocycles. The van der Waals surface area contributed by atoms with Crippen LogP contribution >= 0.6 is 0 Å². The lowest BCUT2D eigenvalue weighted by atomic mass is 10.1. The van der Waals surface area contributed by atoms with Crippen LogP contribution in [0, 0.1) is 0 Å². The summed E-state index contributed by atoms with van der Waals surface area (Å²) in [6, 6.07) is 3.61. The van der Waals surface area contributed by atoms with Gasteiger partial charge in [0.1, 0.15) is 11.6 Å². The van der Waals surface area contributed by atoms with Gasteiger partial charge in [0.25, 0.3) is 5.56 Å². The Morgan fingerprint density at radius 2 is 2.04 bits per heavy atom. The highest BCUT2D eigenvalue weighted by Crippen LogP contribution is 2.25. The van der Waals surface area contributed by atoms with Gasteiger partial charge in [-0.25, -0.2) is 14.6 Å². The van der Waals surface area contributed by atoms with Crippen LogP contribution in [0.3, 0.4) is 0 Å². The maximum atomic E-state index is 12.7.